The Morgan fingerprint density at radius 1 is 0.720 bits per heavy atom. The average Bonchev–Trinajstić information content (AvgIpc) is 3.14. The zero-order chi connectivity index (χ0) is 17.1. The molecule has 0 unspecified atom stereocenters. The van der Waals surface area contributed by atoms with Gasteiger partial charge in [-0.15, -0.1) is 5.10 Å². The molecule has 0 saturated heterocycles. The molecule has 4 rings (SSSR count). The fourth-order valence-corrected chi connectivity index (χ4v) is 3.15. The van der Waals surface area contributed by atoms with Gasteiger partial charge in [0.1, 0.15) is 0 Å². The quantitative estimate of drug-likeness (QED) is 0.542. The Morgan fingerprint density at radius 3 is 1.84 bits per heavy atom. The Kier molecular flexibility index (Phi) is 4.13. The van der Waals surface area contributed by atoms with Crippen LogP contribution in [-0.4, -0.2) is 15.0 Å². The fraction of sp³-hybridized carbons (Fsp3) is 0.0909. The number of rotatable bonds is 4. The van der Waals surface area contributed by atoms with Gasteiger partial charge in [-0.25, -0.2) is 4.68 Å². The molecule has 0 fully saturated rings. The minimum absolute atomic E-state index is 0.0821. The summed E-state index contributed by atoms with van der Waals surface area (Å²) in [5, 5.41) is 8.56. The minimum Gasteiger partial charge on any atom is -0.217 e. The first-order valence-electron chi connectivity index (χ1n) is 8.40. The molecule has 0 spiro atoms. The summed E-state index contributed by atoms with van der Waals surface area (Å²) in [6, 6.07) is 29.4. The topological polar surface area (TPSA) is 30.7 Å². The molecule has 0 bridgehead atoms. The standard InChI is InChI=1S/C22H19N3/c1-17-12-14-20(15-13-17)25-21(16-23-24-25)22(18-8-4-2-5-9-18)19-10-6-3-7-11-19/h2-16,22H,1H3. The molecule has 0 atom stereocenters. The van der Waals surface area contributed by atoms with Crippen molar-refractivity contribution >= 4 is 0 Å². The molecule has 25 heavy (non-hydrogen) atoms. The van der Waals surface area contributed by atoms with Crippen molar-refractivity contribution in [1.82, 2.24) is 15.0 Å². The minimum atomic E-state index is 0.0821. The van der Waals surface area contributed by atoms with Gasteiger partial charge in [0.15, 0.2) is 0 Å². The third kappa shape index (κ3) is 3.09. The van der Waals surface area contributed by atoms with Gasteiger partial charge in [0.25, 0.3) is 0 Å². The number of benzene rings is 3. The van der Waals surface area contributed by atoms with E-state index < -0.39 is 0 Å². The molecule has 0 aliphatic carbocycles. The van der Waals surface area contributed by atoms with Gasteiger partial charge in [-0.2, -0.15) is 0 Å². The third-order valence-corrected chi connectivity index (χ3v) is 4.42. The summed E-state index contributed by atoms with van der Waals surface area (Å²) in [6.45, 7) is 2.09. The van der Waals surface area contributed by atoms with Crippen LogP contribution in [0.2, 0.25) is 0 Å². The summed E-state index contributed by atoms with van der Waals surface area (Å²) < 4.78 is 1.93. The van der Waals surface area contributed by atoms with E-state index in [2.05, 4.69) is 90.0 Å². The maximum atomic E-state index is 4.35. The Bertz CT molecular complexity index is 902. The molecule has 1 heterocycles. The van der Waals surface area contributed by atoms with Gasteiger partial charge in [-0.1, -0.05) is 83.6 Å². The van der Waals surface area contributed by atoms with E-state index in [1.54, 1.807) is 0 Å². The van der Waals surface area contributed by atoms with Crippen LogP contribution < -0.4 is 0 Å². The van der Waals surface area contributed by atoms with E-state index >= 15 is 0 Å². The van der Waals surface area contributed by atoms with Crippen molar-refractivity contribution in [2.75, 3.05) is 0 Å². The predicted molar refractivity (Wildman–Crippen MR) is 99.9 cm³/mol. The fourth-order valence-electron chi connectivity index (χ4n) is 3.15. The highest BCUT2D eigenvalue weighted by Gasteiger charge is 2.21. The molecule has 0 amide bonds. The normalized spacial score (nSPS) is 11.0. The van der Waals surface area contributed by atoms with Crippen LogP contribution in [0.4, 0.5) is 0 Å². The van der Waals surface area contributed by atoms with Crippen LogP contribution in [0.15, 0.2) is 91.1 Å². The summed E-state index contributed by atoms with van der Waals surface area (Å²) in [5.74, 6) is 0.0821. The number of hydrogen-bond acceptors (Lipinski definition) is 2. The summed E-state index contributed by atoms with van der Waals surface area (Å²) in [4.78, 5) is 0. The van der Waals surface area contributed by atoms with Crippen molar-refractivity contribution in [3.63, 3.8) is 0 Å². The first-order valence-corrected chi connectivity index (χ1v) is 8.40. The highest BCUT2D eigenvalue weighted by molar-refractivity contribution is 5.43. The van der Waals surface area contributed by atoms with Gasteiger partial charge in [0.2, 0.25) is 0 Å². The average molecular weight is 325 g/mol. The van der Waals surface area contributed by atoms with Crippen molar-refractivity contribution in [3.8, 4) is 5.69 Å². The van der Waals surface area contributed by atoms with Crippen LogP contribution >= 0.6 is 0 Å². The zero-order valence-electron chi connectivity index (χ0n) is 14.1. The highest BCUT2D eigenvalue weighted by atomic mass is 15.4. The lowest BCUT2D eigenvalue weighted by atomic mass is 9.88. The molecule has 0 radical (unpaired) electrons. The van der Waals surface area contributed by atoms with Gasteiger partial charge in [0, 0.05) is 0 Å². The molecule has 3 heteroatoms. The summed E-state index contributed by atoms with van der Waals surface area (Å²) in [7, 11) is 0. The Balaban J connectivity index is 1.87. The summed E-state index contributed by atoms with van der Waals surface area (Å²) in [5.41, 5.74) is 5.76. The molecule has 0 saturated carbocycles. The van der Waals surface area contributed by atoms with E-state index in [0.717, 1.165) is 11.4 Å². The second-order valence-electron chi connectivity index (χ2n) is 6.16. The Labute approximate surface area is 147 Å². The SMILES string of the molecule is Cc1ccc(-n2nncc2C(c2ccccc2)c2ccccc2)cc1. The van der Waals surface area contributed by atoms with Crippen molar-refractivity contribution in [2.24, 2.45) is 0 Å². The largest absolute Gasteiger partial charge is 0.217 e. The smallest absolute Gasteiger partial charge is 0.0764 e. The Morgan fingerprint density at radius 2 is 1.28 bits per heavy atom. The van der Waals surface area contributed by atoms with Crippen LogP contribution in [0, 0.1) is 6.92 Å². The van der Waals surface area contributed by atoms with E-state index in [1.807, 2.05) is 23.0 Å². The van der Waals surface area contributed by atoms with E-state index in [-0.39, 0.29) is 5.92 Å². The summed E-state index contributed by atoms with van der Waals surface area (Å²) >= 11 is 0. The van der Waals surface area contributed by atoms with Crippen LogP contribution in [0.3, 0.4) is 0 Å². The first kappa shape index (κ1) is 15.3. The van der Waals surface area contributed by atoms with Gasteiger partial charge in [-0.05, 0) is 30.2 Å². The van der Waals surface area contributed by atoms with Gasteiger partial charge < -0.3 is 0 Å². The van der Waals surface area contributed by atoms with Gasteiger partial charge >= 0.3 is 0 Å². The summed E-state index contributed by atoms with van der Waals surface area (Å²) in [6.07, 6.45) is 1.87. The number of aryl methyl sites for hydroxylation is 1. The first-order chi connectivity index (χ1) is 12.3. The Hall–Kier alpha value is -3.20. The molecule has 3 nitrogen and oxygen atoms in total. The van der Waals surface area contributed by atoms with E-state index in [9.17, 15) is 0 Å². The van der Waals surface area contributed by atoms with Crippen molar-refractivity contribution in [1.29, 1.82) is 0 Å². The monoisotopic (exact) mass is 325 g/mol. The number of hydrogen-bond donors (Lipinski definition) is 0. The maximum absolute atomic E-state index is 4.35. The van der Waals surface area contributed by atoms with Crippen molar-refractivity contribution < 1.29 is 0 Å². The molecular weight excluding hydrogens is 306 g/mol. The highest BCUT2D eigenvalue weighted by Crippen LogP contribution is 2.32. The molecular formula is C22H19N3. The lowest BCUT2D eigenvalue weighted by molar-refractivity contribution is 0.747. The van der Waals surface area contributed by atoms with E-state index in [4.69, 9.17) is 0 Å². The van der Waals surface area contributed by atoms with Crippen LogP contribution in [-0.2, 0) is 0 Å². The van der Waals surface area contributed by atoms with Crippen LogP contribution in [0.5, 0.6) is 0 Å². The molecule has 122 valence electrons. The second kappa shape index (κ2) is 6.73. The zero-order valence-corrected chi connectivity index (χ0v) is 14.1. The molecule has 0 aliphatic rings. The lowest BCUT2D eigenvalue weighted by Gasteiger charge is -2.19. The van der Waals surface area contributed by atoms with Crippen LogP contribution in [0.25, 0.3) is 5.69 Å². The molecule has 3 aromatic carbocycles. The molecule has 0 N–H and O–H groups in total. The third-order valence-electron chi connectivity index (χ3n) is 4.42. The van der Waals surface area contributed by atoms with Gasteiger partial charge in [0.05, 0.1) is 23.5 Å². The second-order valence-corrected chi connectivity index (χ2v) is 6.16. The van der Waals surface area contributed by atoms with Gasteiger partial charge in [-0.3, -0.25) is 0 Å². The van der Waals surface area contributed by atoms with E-state index in [0.29, 0.717) is 0 Å². The molecule has 1 aromatic heterocycles. The predicted octanol–water partition coefficient (Wildman–Crippen LogP) is 4.76. The molecule has 4 aromatic rings. The number of aromatic nitrogens is 3. The maximum Gasteiger partial charge on any atom is 0.0764 e. The molecule has 0 aliphatic heterocycles. The number of nitrogens with zero attached hydrogens (tertiary/aromatic N) is 3. The van der Waals surface area contributed by atoms with Crippen LogP contribution in [0.1, 0.15) is 28.3 Å². The lowest BCUT2D eigenvalue weighted by Crippen LogP contribution is -2.10. The van der Waals surface area contributed by atoms with E-state index in [1.165, 1.54) is 16.7 Å². The van der Waals surface area contributed by atoms with Crippen molar-refractivity contribution in [3.05, 3.63) is 114 Å². The van der Waals surface area contributed by atoms with Crippen molar-refractivity contribution in [2.45, 2.75) is 12.8 Å².